The Morgan fingerprint density at radius 3 is 2.47 bits per heavy atom. The lowest BCUT2D eigenvalue weighted by Gasteiger charge is -2.18. The number of benzene rings is 1. The van der Waals surface area contributed by atoms with Gasteiger partial charge in [0.15, 0.2) is 0 Å². The Bertz CT molecular complexity index is 424. The van der Waals surface area contributed by atoms with Gasteiger partial charge < -0.3 is 15.8 Å². The van der Waals surface area contributed by atoms with Gasteiger partial charge in [0.25, 0.3) is 0 Å². The Kier molecular flexibility index (Phi) is 4.85. The van der Waals surface area contributed by atoms with E-state index >= 15 is 0 Å². The van der Waals surface area contributed by atoms with E-state index < -0.39 is 18.9 Å². The first-order valence-electron chi connectivity index (χ1n) is 5.68. The minimum Gasteiger partial charge on any atom is -0.489 e. The number of nitrogens with one attached hydrogen (secondary N) is 1. The van der Waals surface area contributed by atoms with Crippen molar-refractivity contribution in [3.8, 4) is 5.75 Å². The van der Waals surface area contributed by atoms with Crippen molar-refractivity contribution in [2.45, 2.75) is 32.3 Å². The number of anilines is 2. The van der Waals surface area contributed by atoms with E-state index in [0.717, 1.165) is 0 Å². The zero-order valence-corrected chi connectivity index (χ0v) is 10.6. The molecule has 108 valence electrons. The summed E-state index contributed by atoms with van der Waals surface area (Å²) in [5.41, 5.74) is 6.23. The van der Waals surface area contributed by atoms with Crippen LogP contribution in [-0.4, -0.2) is 25.0 Å². The van der Waals surface area contributed by atoms with Gasteiger partial charge in [0, 0.05) is 11.8 Å². The summed E-state index contributed by atoms with van der Waals surface area (Å²) in [4.78, 5) is 0. The summed E-state index contributed by atoms with van der Waals surface area (Å²) in [5.74, 6) is -3.76. The maximum Gasteiger partial charge on any atom is 0.324 e. The normalized spacial score (nSPS) is 12.0. The Morgan fingerprint density at radius 1 is 1.32 bits per heavy atom. The first-order valence-corrected chi connectivity index (χ1v) is 5.68. The molecule has 0 radical (unpaired) electrons. The predicted molar refractivity (Wildman–Crippen MR) is 66.1 cm³/mol. The third kappa shape index (κ3) is 4.50. The van der Waals surface area contributed by atoms with E-state index in [1.807, 2.05) is 0 Å². The molecule has 1 aromatic rings. The fraction of sp³-hybridized carbons (Fsp3) is 0.500. The van der Waals surface area contributed by atoms with Gasteiger partial charge in [-0.1, -0.05) is 0 Å². The average molecular weight is 280 g/mol. The molecule has 0 spiro atoms. The van der Waals surface area contributed by atoms with Gasteiger partial charge in [-0.2, -0.15) is 8.78 Å². The van der Waals surface area contributed by atoms with Crippen LogP contribution in [0.5, 0.6) is 5.75 Å². The molecule has 0 saturated heterocycles. The highest BCUT2D eigenvalue weighted by Gasteiger charge is 2.40. The third-order valence-corrected chi connectivity index (χ3v) is 2.22. The van der Waals surface area contributed by atoms with Crippen molar-refractivity contribution in [2.75, 3.05) is 17.6 Å². The fourth-order valence-corrected chi connectivity index (χ4v) is 1.30. The maximum atomic E-state index is 12.8. The largest absolute Gasteiger partial charge is 0.489 e. The van der Waals surface area contributed by atoms with Crippen molar-refractivity contribution in [3.63, 3.8) is 0 Å². The number of alkyl halides is 4. The Balaban J connectivity index is 2.75. The molecule has 0 bridgehead atoms. The van der Waals surface area contributed by atoms with Crippen LogP contribution in [0.1, 0.15) is 13.8 Å². The third-order valence-electron chi connectivity index (χ3n) is 2.22. The Labute approximate surface area is 108 Å². The van der Waals surface area contributed by atoms with Crippen LogP contribution >= 0.6 is 0 Å². The summed E-state index contributed by atoms with van der Waals surface area (Å²) >= 11 is 0. The van der Waals surface area contributed by atoms with Crippen molar-refractivity contribution in [1.29, 1.82) is 0 Å². The summed E-state index contributed by atoms with van der Waals surface area (Å²) in [6.07, 6.45) is -3.85. The first-order chi connectivity index (χ1) is 8.72. The van der Waals surface area contributed by atoms with E-state index in [0.29, 0.717) is 11.4 Å². The van der Waals surface area contributed by atoms with Crippen molar-refractivity contribution in [3.05, 3.63) is 18.2 Å². The van der Waals surface area contributed by atoms with Crippen LogP contribution in [0.3, 0.4) is 0 Å². The highest BCUT2D eigenvalue weighted by molar-refractivity contribution is 5.61. The van der Waals surface area contributed by atoms with Gasteiger partial charge in [-0.3, -0.25) is 0 Å². The van der Waals surface area contributed by atoms with E-state index in [1.165, 1.54) is 18.2 Å². The Hall–Kier alpha value is -1.66. The van der Waals surface area contributed by atoms with Crippen LogP contribution in [-0.2, 0) is 0 Å². The molecule has 3 N–H and O–H groups in total. The number of hydrogen-bond donors (Lipinski definition) is 2. The molecular formula is C12H16F4N2O. The molecule has 0 saturated carbocycles. The molecule has 19 heavy (non-hydrogen) atoms. The molecule has 0 amide bonds. The van der Waals surface area contributed by atoms with E-state index in [-0.39, 0.29) is 11.8 Å². The van der Waals surface area contributed by atoms with Gasteiger partial charge in [-0.15, -0.1) is 0 Å². The van der Waals surface area contributed by atoms with Crippen LogP contribution in [0, 0.1) is 0 Å². The molecule has 0 unspecified atom stereocenters. The molecule has 0 fully saturated rings. The van der Waals surface area contributed by atoms with Crippen molar-refractivity contribution in [1.82, 2.24) is 0 Å². The number of hydrogen-bond acceptors (Lipinski definition) is 3. The summed E-state index contributed by atoms with van der Waals surface area (Å²) in [5, 5.41) is 2.24. The second-order valence-corrected chi connectivity index (χ2v) is 4.33. The molecule has 0 aliphatic heterocycles. The van der Waals surface area contributed by atoms with Gasteiger partial charge in [0.2, 0.25) is 0 Å². The molecule has 0 heterocycles. The lowest BCUT2D eigenvalue weighted by molar-refractivity contribution is -0.117. The predicted octanol–water partition coefficient (Wildman–Crippen LogP) is 3.37. The lowest BCUT2D eigenvalue weighted by Crippen LogP contribution is -2.34. The smallest absolute Gasteiger partial charge is 0.324 e. The summed E-state index contributed by atoms with van der Waals surface area (Å²) in [6.45, 7) is 2.41. The van der Waals surface area contributed by atoms with Crippen molar-refractivity contribution < 1.29 is 22.3 Å². The van der Waals surface area contributed by atoms with E-state index in [9.17, 15) is 17.6 Å². The van der Waals surface area contributed by atoms with Crippen LogP contribution in [0.2, 0.25) is 0 Å². The lowest BCUT2D eigenvalue weighted by atomic mass is 10.2. The number of rotatable bonds is 6. The van der Waals surface area contributed by atoms with E-state index in [2.05, 4.69) is 5.32 Å². The van der Waals surface area contributed by atoms with Crippen LogP contribution < -0.4 is 15.8 Å². The SMILES string of the molecule is CC(C)Oc1cc(NCC(F)(F)C(F)F)ccc1N. The second-order valence-electron chi connectivity index (χ2n) is 4.33. The number of nitrogen functional groups attached to an aromatic ring is 1. The topological polar surface area (TPSA) is 47.3 Å². The summed E-state index contributed by atoms with van der Waals surface area (Å²) in [6, 6.07) is 4.28. The molecule has 0 aliphatic rings. The quantitative estimate of drug-likeness (QED) is 0.620. The molecule has 0 aliphatic carbocycles. The van der Waals surface area contributed by atoms with Gasteiger partial charge in [-0.05, 0) is 26.0 Å². The molecule has 1 rings (SSSR count). The molecule has 0 atom stereocenters. The van der Waals surface area contributed by atoms with Gasteiger partial charge in [-0.25, -0.2) is 8.78 Å². The molecule has 7 heteroatoms. The standard InChI is InChI=1S/C12H16F4N2O/c1-7(2)19-10-5-8(3-4-9(10)17)18-6-12(15,16)11(13)14/h3-5,7,11,18H,6,17H2,1-2H3. The fourth-order valence-electron chi connectivity index (χ4n) is 1.30. The van der Waals surface area contributed by atoms with Crippen LogP contribution in [0.4, 0.5) is 28.9 Å². The van der Waals surface area contributed by atoms with Gasteiger partial charge in [0.1, 0.15) is 5.75 Å². The van der Waals surface area contributed by atoms with E-state index in [1.54, 1.807) is 13.8 Å². The minimum atomic E-state index is -4.08. The van der Waals surface area contributed by atoms with Gasteiger partial charge >= 0.3 is 12.3 Å². The van der Waals surface area contributed by atoms with Crippen LogP contribution in [0.15, 0.2) is 18.2 Å². The molecule has 1 aromatic carbocycles. The number of ether oxygens (including phenoxy) is 1. The van der Waals surface area contributed by atoms with Crippen molar-refractivity contribution >= 4 is 11.4 Å². The summed E-state index contributed by atoms with van der Waals surface area (Å²) < 4.78 is 54.9. The van der Waals surface area contributed by atoms with Crippen molar-refractivity contribution in [2.24, 2.45) is 0 Å². The monoisotopic (exact) mass is 280 g/mol. The maximum absolute atomic E-state index is 12.8. The number of halogens is 4. The zero-order chi connectivity index (χ0) is 14.6. The van der Waals surface area contributed by atoms with E-state index in [4.69, 9.17) is 10.5 Å². The van der Waals surface area contributed by atoms with Crippen LogP contribution in [0.25, 0.3) is 0 Å². The highest BCUT2D eigenvalue weighted by Crippen LogP contribution is 2.28. The second kappa shape index (κ2) is 5.99. The first kappa shape index (κ1) is 15.4. The zero-order valence-electron chi connectivity index (χ0n) is 10.6. The Morgan fingerprint density at radius 2 is 1.95 bits per heavy atom. The minimum absolute atomic E-state index is 0.139. The number of nitrogens with two attached hydrogens (primary N) is 1. The molecule has 0 aromatic heterocycles. The highest BCUT2D eigenvalue weighted by atomic mass is 19.3. The summed E-state index contributed by atoms with van der Waals surface area (Å²) in [7, 11) is 0. The van der Waals surface area contributed by atoms with Gasteiger partial charge in [0.05, 0.1) is 18.3 Å². The molecular weight excluding hydrogens is 264 g/mol. The average Bonchev–Trinajstić information content (AvgIpc) is 2.29. The molecule has 3 nitrogen and oxygen atoms in total.